The molecule has 0 aromatic carbocycles. The number of amides is 1. The molecule has 8 nitrogen and oxygen atoms in total. The largest absolute Gasteiger partial charge is 0.405 e. The van der Waals surface area contributed by atoms with Gasteiger partial charge < -0.3 is 16.0 Å². The Labute approximate surface area is 198 Å². The lowest BCUT2D eigenvalue weighted by molar-refractivity contribution is 0.0952. The molecule has 0 atom stereocenters. The summed E-state index contributed by atoms with van der Waals surface area (Å²) in [6.45, 7) is 9.79. The summed E-state index contributed by atoms with van der Waals surface area (Å²) >= 11 is 0. The van der Waals surface area contributed by atoms with Crippen molar-refractivity contribution in [2.75, 3.05) is 0 Å². The van der Waals surface area contributed by atoms with Crippen LogP contribution in [0, 0.1) is 6.92 Å². The molecule has 0 aliphatic heterocycles. The van der Waals surface area contributed by atoms with Crippen molar-refractivity contribution < 1.29 is 4.79 Å². The predicted octanol–water partition coefficient (Wildman–Crippen LogP) is 3.86. The van der Waals surface area contributed by atoms with Crippen molar-refractivity contribution in [3.05, 3.63) is 87.8 Å². The minimum atomic E-state index is -0.298. The first-order valence-corrected chi connectivity index (χ1v) is 11.4. The molecule has 3 heterocycles. The van der Waals surface area contributed by atoms with Crippen LogP contribution >= 0.6 is 0 Å². The van der Waals surface area contributed by atoms with Gasteiger partial charge in [-0.3, -0.25) is 9.59 Å². The van der Waals surface area contributed by atoms with Gasteiger partial charge in [-0.15, -0.1) is 0 Å². The second kappa shape index (κ2) is 9.51. The molecule has 1 saturated carbocycles. The summed E-state index contributed by atoms with van der Waals surface area (Å²) < 4.78 is 1.78. The Hall–Kier alpha value is -3.94. The van der Waals surface area contributed by atoms with Crippen molar-refractivity contribution in [2.24, 2.45) is 5.73 Å². The molecule has 3 aromatic rings. The van der Waals surface area contributed by atoms with Gasteiger partial charge in [0.15, 0.2) is 5.65 Å². The lowest BCUT2D eigenvalue weighted by Gasteiger charge is -2.13. The smallest absolute Gasteiger partial charge is 0.253 e. The fourth-order valence-corrected chi connectivity index (χ4v) is 4.14. The monoisotopic (exact) mass is 458 g/mol. The van der Waals surface area contributed by atoms with Crippen LogP contribution in [0.5, 0.6) is 0 Å². The average Bonchev–Trinajstić information content (AvgIpc) is 3.55. The highest BCUT2D eigenvalue weighted by molar-refractivity contribution is 6.06. The molecule has 1 amide bonds. The first-order valence-electron chi connectivity index (χ1n) is 11.4. The van der Waals surface area contributed by atoms with Gasteiger partial charge in [0.05, 0.1) is 22.8 Å². The van der Waals surface area contributed by atoms with E-state index in [1.165, 1.54) is 6.20 Å². The van der Waals surface area contributed by atoms with E-state index in [9.17, 15) is 9.59 Å². The molecular weight excluding hydrogens is 428 g/mol. The van der Waals surface area contributed by atoms with Crippen molar-refractivity contribution in [3.63, 3.8) is 0 Å². The number of carbonyl (C=O) groups is 1. The average molecular weight is 459 g/mol. The third-order valence-electron chi connectivity index (χ3n) is 5.92. The molecule has 3 aromatic heterocycles. The number of allylic oxidation sites excluding steroid dienone is 4. The SMILES string of the molecule is C=C/C=C(\C=C/N)c1cc(C(=O)NCc2c(C3CC3)cc(C)[nH]c2=O)c2cnn(C(C)C)c2n1. The van der Waals surface area contributed by atoms with E-state index in [0.29, 0.717) is 33.8 Å². The van der Waals surface area contributed by atoms with Gasteiger partial charge >= 0.3 is 0 Å². The number of nitrogens with two attached hydrogens (primary N) is 1. The van der Waals surface area contributed by atoms with Crippen molar-refractivity contribution >= 4 is 22.5 Å². The minimum Gasteiger partial charge on any atom is -0.405 e. The summed E-state index contributed by atoms with van der Waals surface area (Å²) in [6.07, 6.45) is 10.3. The zero-order valence-corrected chi connectivity index (χ0v) is 19.8. The number of nitrogens with zero attached hydrogens (tertiary/aromatic N) is 3. The van der Waals surface area contributed by atoms with Crippen LogP contribution in [-0.2, 0) is 6.54 Å². The molecule has 4 rings (SSSR count). The van der Waals surface area contributed by atoms with Crippen molar-refractivity contribution in [1.29, 1.82) is 0 Å². The zero-order valence-electron chi connectivity index (χ0n) is 19.8. The molecule has 4 N–H and O–H groups in total. The second-order valence-electron chi connectivity index (χ2n) is 8.86. The minimum absolute atomic E-state index is 0.0558. The van der Waals surface area contributed by atoms with Gasteiger partial charge in [0.2, 0.25) is 0 Å². The first-order chi connectivity index (χ1) is 16.3. The van der Waals surface area contributed by atoms with Crippen LogP contribution in [0.4, 0.5) is 0 Å². The molecule has 8 heteroatoms. The van der Waals surface area contributed by atoms with E-state index in [1.807, 2.05) is 26.8 Å². The van der Waals surface area contributed by atoms with Crippen molar-refractivity contribution in [1.82, 2.24) is 25.1 Å². The normalized spacial score (nSPS) is 14.3. The van der Waals surface area contributed by atoms with Gasteiger partial charge in [-0.25, -0.2) is 9.67 Å². The van der Waals surface area contributed by atoms with Gasteiger partial charge in [-0.2, -0.15) is 5.10 Å². The van der Waals surface area contributed by atoms with E-state index < -0.39 is 0 Å². The summed E-state index contributed by atoms with van der Waals surface area (Å²) in [5, 5.41) is 8.05. The molecule has 0 spiro atoms. The number of hydrogen-bond donors (Lipinski definition) is 3. The van der Waals surface area contributed by atoms with Crippen molar-refractivity contribution in [2.45, 2.75) is 52.1 Å². The number of rotatable bonds is 8. The van der Waals surface area contributed by atoms with E-state index in [1.54, 1.807) is 35.2 Å². The molecule has 34 heavy (non-hydrogen) atoms. The Balaban J connectivity index is 1.75. The van der Waals surface area contributed by atoms with E-state index in [0.717, 1.165) is 29.7 Å². The fraction of sp³-hybridized carbons (Fsp3) is 0.308. The molecule has 1 fully saturated rings. The Bertz CT molecular complexity index is 1370. The van der Waals surface area contributed by atoms with Crippen LogP contribution in [0.15, 0.2) is 54.1 Å². The van der Waals surface area contributed by atoms with Gasteiger partial charge in [0.1, 0.15) is 0 Å². The summed E-state index contributed by atoms with van der Waals surface area (Å²) in [7, 11) is 0. The molecule has 0 unspecified atom stereocenters. The molecule has 176 valence electrons. The van der Waals surface area contributed by atoms with Crippen molar-refractivity contribution in [3.8, 4) is 0 Å². The van der Waals surface area contributed by atoms with E-state index in [2.05, 4.69) is 22.0 Å². The number of hydrogen-bond acceptors (Lipinski definition) is 5. The van der Waals surface area contributed by atoms with Gasteiger partial charge in [-0.05, 0) is 69.5 Å². The first kappa shape index (κ1) is 23.2. The van der Waals surface area contributed by atoms with Gasteiger partial charge in [0.25, 0.3) is 11.5 Å². The van der Waals surface area contributed by atoms with Crippen LogP contribution in [0.1, 0.15) is 71.5 Å². The standard InChI is InChI=1S/C26H30N6O2/c1-5-6-18(9-10-27)23-12-20(21-14-29-32(15(2)3)24(21)31-23)25(33)28-13-22-19(17-7-8-17)11-16(4)30-26(22)34/h5-6,9-12,14-15,17H,1,7-8,13,27H2,2-4H3,(H,28,33)(H,30,34)/b10-9-,18-6+. The molecule has 0 bridgehead atoms. The van der Waals surface area contributed by atoms with E-state index in [4.69, 9.17) is 10.7 Å². The zero-order chi connectivity index (χ0) is 24.4. The topological polar surface area (TPSA) is 119 Å². The van der Waals surface area contributed by atoms with E-state index >= 15 is 0 Å². The van der Waals surface area contributed by atoms with Crippen LogP contribution in [-0.4, -0.2) is 25.7 Å². The lowest BCUT2D eigenvalue weighted by Crippen LogP contribution is -2.28. The van der Waals surface area contributed by atoms with Crippen LogP contribution in [0.2, 0.25) is 0 Å². The highest BCUT2D eigenvalue weighted by Gasteiger charge is 2.28. The molecule has 0 radical (unpaired) electrons. The number of aromatic nitrogens is 4. The highest BCUT2D eigenvalue weighted by Crippen LogP contribution is 2.41. The van der Waals surface area contributed by atoms with Crippen LogP contribution < -0.4 is 16.6 Å². The molecular formula is C26H30N6O2. The number of aryl methyl sites for hydroxylation is 1. The Morgan fingerprint density at radius 1 is 1.38 bits per heavy atom. The number of pyridine rings is 2. The van der Waals surface area contributed by atoms with Gasteiger partial charge in [-0.1, -0.05) is 18.7 Å². The Morgan fingerprint density at radius 2 is 2.15 bits per heavy atom. The quantitative estimate of drug-likeness (QED) is 0.443. The summed E-state index contributed by atoms with van der Waals surface area (Å²) in [6, 6.07) is 3.79. The maximum absolute atomic E-state index is 13.4. The Morgan fingerprint density at radius 3 is 2.79 bits per heavy atom. The van der Waals surface area contributed by atoms with Gasteiger partial charge in [0, 0.05) is 29.4 Å². The van der Waals surface area contributed by atoms with Crippen LogP contribution in [0.3, 0.4) is 0 Å². The lowest BCUT2D eigenvalue weighted by atomic mass is 10.0. The number of aromatic amines is 1. The maximum atomic E-state index is 13.4. The molecule has 1 aliphatic rings. The maximum Gasteiger partial charge on any atom is 0.253 e. The number of carbonyl (C=O) groups excluding carboxylic acids is 1. The predicted molar refractivity (Wildman–Crippen MR) is 134 cm³/mol. The number of nitrogens with one attached hydrogen (secondary N) is 2. The van der Waals surface area contributed by atoms with E-state index in [-0.39, 0.29) is 24.1 Å². The summed E-state index contributed by atoms with van der Waals surface area (Å²) in [5.41, 5.74) is 10.3. The van der Waals surface area contributed by atoms with Crippen LogP contribution in [0.25, 0.3) is 16.6 Å². The number of H-pyrrole nitrogens is 1. The third kappa shape index (κ3) is 4.57. The molecule has 1 aliphatic carbocycles. The highest BCUT2D eigenvalue weighted by atomic mass is 16.1. The molecule has 0 saturated heterocycles. The second-order valence-corrected chi connectivity index (χ2v) is 8.86. The fourth-order valence-electron chi connectivity index (χ4n) is 4.14. The summed E-state index contributed by atoms with van der Waals surface area (Å²) in [4.78, 5) is 33.7. The Kier molecular flexibility index (Phi) is 6.49. The number of fused-ring (bicyclic) bond motifs is 1. The third-order valence-corrected chi connectivity index (χ3v) is 5.92. The summed E-state index contributed by atoms with van der Waals surface area (Å²) in [5.74, 6) is 0.0967.